The van der Waals surface area contributed by atoms with E-state index in [9.17, 15) is 0 Å². The lowest BCUT2D eigenvalue weighted by Gasteiger charge is -2.04. The van der Waals surface area contributed by atoms with Gasteiger partial charge in [0.1, 0.15) is 11.6 Å². The number of anilines is 1. The zero-order chi connectivity index (χ0) is 11.4. The molecule has 0 spiro atoms. The van der Waals surface area contributed by atoms with Gasteiger partial charge in [-0.25, -0.2) is 9.97 Å². The third-order valence-corrected chi connectivity index (χ3v) is 2.07. The van der Waals surface area contributed by atoms with Crippen LogP contribution in [-0.4, -0.2) is 15.0 Å². The quantitative estimate of drug-likeness (QED) is 0.811. The highest BCUT2D eigenvalue weighted by Gasteiger charge is 2.00. The lowest BCUT2D eigenvalue weighted by molar-refractivity contribution is 0.983. The predicted octanol–water partition coefficient (Wildman–Crippen LogP) is 1.60. The van der Waals surface area contributed by atoms with Gasteiger partial charge in [-0.05, 0) is 19.1 Å². The molecule has 0 bridgehead atoms. The van der Waals surface area contributed by atoms with Gasteiger partial charge in [-0.1, -0.05) is 0 Å². The molecule has 80 valence electrons. The van der Waals surface area contributed by atoms with Crippen LogP contribution in [0.2, 0.25) is 0 Å². The maximum atomic E-state index is 8.81. The van der Waals surface area contributed by atoms with E-state index in [1.165, 1.54) is 0 Å². The fourth-order valence-electron chi connectivity index (χ4n) is 1.39. The summed E-state index contributed by atoms with van der Waals surface area (Å²) in [5.74, 6) is 1.52. The lowest BCUT2D eigenvalue weighted by Crippen LogP contribution is -2.03. The van der Waals surface area contributed by atoms with Crippen LogP contribution in [-0.2, 0) is 6.54 Å². The minimum absolute atomic E-state index is 0.564. The summed E-state index contributed by atoms with van der Waals surface area (Å²) in [6.07, 6.45) is 3.46. The summed E-state index contributed by atoms with van der Waals surface area (Å²) in [4.78, 5) is 11.3. The number of nitrogens with one attached hydrogen (secondary N) is 2. The third kappa shape index (κ3) is 2.36. The van der Waals surface area contributed by atoms with Gasteiger partial charge < -0.3 is 10.3 Å². The summed E-state index contributed by atoms with van der Waals surface area (Å²) in [6, 6.07) is 5.56. The lowest BCUT2D eigenvalue weighted by atomic mass is 10.2. The van der Waals surface area contributed by atoms with Crippen LogP contribution in [0.5, 0.6) is 0 Å². The summed E-state index contributed by atoms with van der Waals surface area (Å²) < 4.78 is 0. The Kier molecular flexibility index (Phi) is 2.83. The Labute approximate surface area is 93.2 Å². The van der Waals surface area contributed by atoms with Crippen molar-refractivity contribution in [1.82, 2.24) is 15.0 Å². The molecule has 16 heavy (non-hydrogen) atoms. The highest BCUT2D eigenvalue weighted by molar-refractivity contribution is 5.44. The van der Waals surface area contributed by atoms with Gasteiger partial charge in [-0.15, -0.1) is 0 Å². The molecule has 2 rings (SSSR count). The molecule has 2 N–H and O–H groups in total. The molecule has 2 aromatic heterocycles. The summed E-state index contributed by atoms with van der Waals surface area (Å²) in [6.45, 7) is 2.42. The Bertz CT molecular complexity index is 510. The molecule has 0 unspecified atom stereocenters. The van der Waals surface area contributed by atoms with E-state index in [-0.39, 0.29) is 0 Å². The first-order valence-electron chi connectivity index (χ1n) is 4.89. The van der Waals surface area contributed by atoms with E-state index in [1.807, 2.05) is 6.92 Å². The number of pyridine rings is 1. The Hall–Kier alpha value is -2.35. The third-order valence-electron chi connectivity index (χ3n) is 2.07. The van der Waals surface area contributed by atoms with Gasteiger partial charge in [0.05, 0.1) is 18.2 Å². The zero-order valence-corrected chi connectivity index (χ0v) is 8.86. The molecule has 2 heterocycles. The van der Waals surface area contributed by atoms with Gasteiger partial charge in [0.25, 0.3) is 0 Å². The average Bonchev–Trinajstić information content (AvgIpc) is 2.78. The van der Waals surface area contributed by atoms with Crippen LogP contribution in [0, 0.1) is 18.3 Å². The van der Waals surface area contributed by atoms with Crippen LogP contribution in [0.15, 0.2) is 24.5 Å². The smallest absolute Gasteiger partial charge is 0.127 e. The molecule has 5 nitrogen and oxygen atoms in total. The number of rotatable bonds is 3. The van der Waals surface area contributed by atoms with Crippen LogP contribution in [0.3, 0.4) is 0 Å². The van der Waals surface area contributed by atoms with Crippen LogP contribution in [0.4, 0.5) is 5.82 Å². The van der Waals surface area contributed by atoms with Crippen LogP contribution in [0.1, 0.15) is 17.1 Å². The first-order valence-corrected chi connectivity index (χ1v) is 4.89. The van der Waals surface area contributed by atoms with Crippen LogP contribution < -0.4 is 5.32 Å². The van der Waals surface area contributed by atoms with Crippen molar-refractivity contribution in [2.75, 3.05) is 5.32 Å². The Balaban J connectivity index is 2.10. The normalized spacial score (nSPS) is 9.75. The van der Waals surface area contributed by atoms with Gasteiger partial charge in [0.2, 0.25) is 0 Å². The van der Waals surface area contributed by atoms with Crippen molar-refractivity contribution in [3.8, 4) is 6.07 Å². The molecular formula is C11H11N5. The molecule has 0 radical (unpaired) electrons. The highest BCUT2D eigenvalue weighted by atomic mass is 15.0. The number of H-pyrrole nitrogens is 1. The number of nitrogens with zero attached hydrogens (tertiary/aromatic N) is 3. The number of aromatic amines is 1. The van der Waals surface area contributed by atoms with Gasteiger partial charge in [-0.3, -0.25) is 0 Å². The SMILES string of the molecule is Cc1cc(C#N)cc(NCc2ncc[nH]2)n1. The Morgan fingerprint density at radius 3 is 3.06 bits per heavy atom. The molecule has 0 aliphatic heterocycles. The highest BCUT2D eigenvalue weighted by Crippen LogP contribution is 2.09. The van der Waals surface area contributed by atoms with Crippen molar-refractivity contribution in [2.24, 2.45) is 0 Å². The van der Waals surface area contributed by atoms with E-state index >= 15 is 0 Å². The van der Waals surface area contributed by atoms with E-state index in [4.69, 9.17) is 5.26 Å². The summed E-state index contributed by atoms with van der Waals surface area (Å²) >= 11 is 0. The number of nitriles is 1. The molecule has 0 saturated carbocycles. The maximum Gasteiger partial charge on any atom is 0.127 e. The monoisotopic (exact) mass is 213 g/mol. The summed E-state index contributed by atoms with van der Waals surface area (Å²) in [5, 5.41) is 11.9. The van der Waals surface area contributed by atoms with Crippen LogP contribution >= 0.6 is 0 Å². The molecule has 2 aromatic rings. The molecular weight excluding hydrogens is 202 g/mol. The second-order valence-electron chi connectivity index (χ2n) is 3.38. The molecule has 0 amide bonds. The molecule has 0 aliphatic carbocycles. The topological polar surface area (TPSA) is 77.4 Å². The van der Waals surface area contributed by atoms with E-state index in [0.29, 0.717) is 17.9 Å². The minimum Gasteiger partial charge on any atom is -0.363 e. The van der Waals surface area contributed by atoms with E-state index in [2.05, 4.69) is 26.3 Å². The van der Waals surface area contributed by atoms with Gasteiger partial charge in [0, 0.05) is 18.1 Å². The molecule has 0 aliphatic rings. The predicted molar refractivity (Wildman–Crippen MR) is 59.6 cm³/mol. The van der Waals surface area contributed by atoms with Gasteiger partial charge in [-0.2, -0.15) is 5.26 Å². The largest absolute Gasteiger partial charge is 0.363 e. The van der Waals surface area contributed by atoms with Crippen molar-refractivity contribution >= 4 is 5.82 Å². The second kappa shape index (κ2) is 4.45. The minimum atomic E-state index is 0.564. The van der Waals surface area contributed by atoms with E-state index < -0.39 is 0 Å². The van der Waals surface area contributed by atoms with E-state index in [0.717, 1.165) is 11.5 Å². The standard InChI is InChI=1S/C11H11N5/c1-8-4-9(6-12)5-10(16-8)15-7-11-13-2-3-14-11/h2-5H,7H2,1H3,(H,13,14)(H,15,16). The van der Waals surface area contributed by atoms with E-state index in [1.54, 1.807) is 24.5 Å². The number of aromatic nitrogens is 3. The summed E-state index contributed by atoms with van der Waals surface area (Å²) in [7, 11) is 0. The van der Waals surface area contributed by atoms with Gasteiger partial charge in [0.15, 0.2) is 0 Å². The Morgan fingerprint density at radius 1 is 1.50 bits per heavy atom. The fraction of sp³-hybridized carbons (Fsp3) is 0.182. The van der Waals surface area contributed by atoms with Crippen molar-refractivity contribution in [2.45, 2.75) is 13.5 Å². The first-order chi connectivity index (χ1) is 7.78. The number of imidazole rings is 1. The average molecular weight is 213 g/mol. The zero-order valence-electron chi connectivity index (χ0n) is 8.86. The molecule has 0 aromatic carbocycles. The van der Waals surface area contributed by atoms with Gasteiger partial charge >= 0.3 is 0 Å². The number of hydrogen-bond donors (Lipinski definition) is 2. The molecule has 5 heteroatoms. The molecule has 0 fully saturated rings. The first kappa shape index (κ1) is 10.2. The number of hydrogen-bond acceptors (Lipinski definition) is 4. The maximum absolute atomic E-state index is 8.81. The second-order valence-corrected chi connectivity index (χ2v) is 3.38. The van der Waals surface area contributed by atoms with Crippen molar-refractivity contribution in [3.05, 3.63) is 41.6 Å². The molecule has 0 atom stereocenters. The molecule has 0 saturated heterocycles. The summed E-state index contributed by atoms with van der Waals surface area (Å²) in [5.41, 5.74) is 1.43. The Morgan fingerprint density at radius 2 is 2.38 bits per heavy atom. The number of aryl methyl sites for hydroxylation is 1. The van der Waals surface area contributed by atoms with Crippen molar-refractivity contribution in [3.63, 3.8) is 0 Å². The van der Waals surface area contributed by atoms with Crippen LogP contribution in [0.25, 0.3) is 0 Å². The van der Waals surface area contributed by atoms with Crippen molar-refractivity contribution < 1.29 is 0 Å². The van der Waals surface area contributed by atoms with Crippen molar-refractivity contribution in [1.29, 1.82) is 5.26 Å². The fourth-order valence-corrected chi connectivity index (χ4v) is 1.39.